The number of hydrogen-bond donors (Lipinski definition) is 0. The van der Waals surface area contributed by atoms with E-state index in [0.29, 0.717) is 11.8 Å². The van der Waals surface area contributed by atoms with Crippen LogP contribution in [0.1, 0.15) is 61.4 Å². The highest BCUT2D eigenvalue weighted by Crippen LogP contribution is 2.21. The van der Waals surface area contributed by atoms with E-state index < -0.39 is 0 Å². The Bertz CT molecular complexity index is 441. The summed E-state index contributed by atoms with van der Waals surface area (Å²) in [5.74, 6) is 1.16. The van der Waals surface area contributed by atoms with Crippen LogP contribution in [0.4, 0.5) is 0 Å². The van der Waals surface area contributed by atoms with E-state index >= 15 is 0 Å². The summed E-state index contributed by atoms with van der Waals surface area (Å²) in [6.45, 7) is 5.16. The molecule has 0 spiro atoms. The lowest BCUT2D eigenvalue weighted by Gasteiger charge is -2.28. The molecule has 2 rings (SSSR count). The van der Waals surface area contributed by atoms with Gasteiger partial charge in [0.15, 0.2) is 0 Å². The van der Waals surface area contributed by atoms with Crippen molar-refractivity contribution in [2.24, 2.45) is 0 Å². The molecule has 0 aliphatic carbocycles. The Morgan fingerprint density at radius 1 is 1.25 bits per heavy atom. The number of halogens is 1. The topological polar surface area (TPSA) is 20.3 Å². The second-order valence-electron chi connectivity index (χ2n) is 5.93. The van der Waals surface area contributed by atoms with E-state index in [4.69, 9.17) is 11.6 Å². The number of alkyl halides is 1. The lowest BCUT2D eigenvalue weighted by molar-refractivity contribution is 0.0700. The van der Waals surface area contributed by atoms with Crippen LogP contribution in [0.25, 0.3) is 0 Å². The number of amides is 1. The SMILES string of the molecule is CC(C)c1ccc(C(=O)N2CCCCCC2CCl)cc1. The van der Waals surface area contributed by atoms with E-state index in [0.717, 1.165) is 24.9 Å². The van der Waals surface area contributed by atoms with Gasteiger partial charge < -0.3 is 4.90 Å². The molecule has 2 nitrogen and oxygen atoms in total. The Kier molecular flexibility index (Phi) is 5.47. The average Bonchev–Trinajstić information content (AvgIpc) is 2.71. The van der Waals surface area contributed by atoms with Crippen molar-refractivity contribution in [3.63, 3.8) is 0 Å². The first-order valence-corrected chi connectivity index (χ1v) is 8.14. The summed E-state index contributed by atoms with van der Waals surface area (Å²) >= 11 is 6.05. The van der Waals surface area contributed by atoms with Crippen molar-refractivity contribution in [3.8, 4) is 0 Å². The fourth-order valence-corrected chi connectivity index (χ4v) is 3.10. The first-order valence-electron chi connectivity index (χ1n) is 7.60. The molecule has 1 aromatic rings. The zero-order valence-corrected chi connectivity index (χ0v) is 13.2. The molecule has 1 saturated heterocycles. The molecule has 0 N–H and O–H groups in total. The molecule has 0 saturated carbocycles. The first kappa shape index (κ1) is 15.4. The van der Waals surface area contributed by atoms with Crippen LogP contribution in [-0.2, 0) is 0 Å². The Morgan fingerprint density at radius 3 is 2.55 bits per heavy atom. The molecule has 1 aliphatic heterocycles. The Balaban J connectivity index is 2.15. The summed E-state index contributed by atoms with van der Waals surface area (Å²) in [6.07, 6.45) is 4.49. The van der Waals surface area contributed by atoms with Crippen LogP contribution >= 0.6 is 11.6 Å². The number of likely N-dealkylation sites (tertiary alicyclic amines) is 1. The average molecular weight is 294 g/mol. The van der Waals surface area contributed by atoms with Gasteiger partial charge in [0, 0.05) is 24.0 Å². The summed E-state index contributed by atoms with van der Waals surface area (Å²) in [6, 6.07) is 8.22. The highest BCUT2D eigenvalue weighted by atomic mass is 35.5. The van der Waals surface area contributed by atoms with Gasteiger partial charge in [0.05, 0.1) is 0 Å². The molecule has 110 valence electrons. The molecule has 1 unspecified atom stereocenters. The van der Waals surface area contributed by atoms with Crippen LogP contribution in [0.3, 0.4) is 0 Å². The normalized spacial score (nSPS) is 20.0. The quantitative estimate of drug-likeness (QED) is 0.755. The summed E-state index contributed by atoms with van der Waals surface area (Å²) < 4.78 is 0. The zero-order valence-electron chi connectivity index (χ0n) is 12.4. The maximum atomic E-state index is 12.7. The molecule has 1 amide bonds. The van der Waals surface area contributed by atoms with Gasteiger partial charge in [-0.15, -0.1) is 11.6 Å². The number of benzene rings is 1. The molecule has 0 aromatic heterocycles. The Labute approximate surface area is 127 Å². The minimum absolute atomic E-state index is 0.132. The summed E-state index contributed by atoms with van der Waals surface area (Å²) in [5, 5.41) is 0. The van der Waals surface area contributed by atoms with Gasteiger partial charge in [0.25, 0.3) is 5.91 Å². The Hall–Kier alpha value is -1.02. The molecule has 1 heterocycles. The van der Waals surface area contributed by atoms with Crippen molar-refractivity contribution in [1.82, 2.24) is 4.90 Å². The number of rotatable bonds is 3. The highest BCUT2D eigenvalue weighted by molar-refractivity contribution is 6.18. The third kappa shape index (κ3) is 3.54. The van der Waals surface area contributed by atoms with E-state index in [2.05, 4.69) is 26.0 Å². The minimum Gasteiger partial charge on any atom is -0.334 e. The third-order valence-corrected chi connectivity index (χ3v) is 4.50. The molecule has 1 fully saturated rings. The van der Waals surface area contributed by atoms with Crippen LogP contribution in [-0.4, -0.2) is 29.3 Å². The van der Waals surface area contributed by atoms with Crippen LogP contribution in [0.2, 0.25) is 0 Å². The highest BCUT2D eigenvalue weighted by Gasteiger charge is 2.25. The van der Waals surface area contributed by atoms with E-state index in [9.17, 15) is 4.79 Å². The van der Waals surface area contributed by atoms with Gasteiger partial charge in [-0.05, 0) is 36.5 Å². The van der Waals surface area contributed by atoms with Crippen molar-refractivity contribution in [3.05, 3.63) is 35.4 Å². The molecular formula is C17H24ClNO. The standard InChI is InChI=1S/C17H24ClNO/c1-13(2)14-7-9-15(10-8-14)17(20)19-11-5-3-4-6-16(19)12-18/h7-10,13,16H,3-6,11-12H2,1-2H3. The van der Waals surface area contributed by atoms with E-state index in [1.807, 2.05) is 17.0 Å². The number of carbonyl (C=O) groups is 1. The second-order valence-corrected chi connectivity index (χ2v) is 6.24. The van der Waals surface area contributed by atoms with Crippen molar-refractivity contribution in [2.45, 2.75) is 51.5 Å². The van der Waals surface area contributed by atoms with Gasteiger partial charge in [-0.3, -0.25) is 4.79 Å². The van der Waals surface area contributed by atoms with Gasteiger partial charge in [-0.2, -0.15) is 0 Å². The third-order valence-electron chi connectivity index (χ3n) is 4.14. The summed E-state index contributed by atoms with van der Waals surface area (Å²) in [4.78, 5) is 14.6. The number of nitrogens with zero attached hydrogens (tertiary/aromatic N) is 1. The minimum atomic E-state index is 0.132. The van der Waals surface area contributed by atoms with E-state index in [1.54, 1.807) is 0 Å². The predicted molar refractivity (Wildman–Crippen MR) is 84.5 cm³/mol. The van der Waals surface area contributed by atoms with Crippen molar-refractivity contribution in [2.75, 3.05) is 12.4 Å². The molecule has 3 heteroatoms. The maximum absolute atomic E-state index is 12.7. The fraction of sp³-hybridized carbons (Fsp3) is 0.588. The summed E-state index contributed by atoms with van der Waals surface area (Å²) in [7, 11) is 0. The lowest BCUT2D eigenvalue weighted by Crippen LogP contribution is -2.41. The van der Waals surface area contributed by atoms with Crippen LogP contribution in [0.5, 0.6) is 0 Å². The zero-order chi connectivity index (χ0) is 14.5. The molecular weight excluding hydrogens is 270 g/mol. The predicted octanol–water partition coefficient (Wildman–Crippen LogP) is 4.43. The molecule has 0 radical (unpaired) electrons. The summed E-state index contributed by atoms with van der Waals surface area (Å²) in [5.41, 5.74) is 2.05. The maximum Gasteiger partial charge on any atom is 0.254 e. The fourth-order valence-electron chi connectivity index (χ4n) is 2.78. The second kappa shape index (κ2) is 7.12. The van der Waals surface area contributed by atoms with E-state index in [-0.39, 0.29) is 11.9 Å². The van der Waals surface area contributed by atoms with Crippen molar-refractivity contribution in [1.29, 1.82) is 0 Å². The van der Waals surface area contributed by atoms with Crippen molar-refractivity contribution < 1.29 is 4.79 Å². The largest absolute Gasteiger partial charge is 0.334 e. The van der Waals surface area contributed by atoms with Crippen LogP contribution < -0.4 is 0 Å². The van der Waals surface area contributed by atoms with Crippen molar-refractivity contribution >= 4 is 17.5 Å². The monoisotopic (exact) mass is 293 g/mol. The van der Waals surface area contributed by atoms with E-state index in [1.165, 1.54) is 18.4 Å². The van der Waals surface area contributed by atoms with Crippen LogP contribution in [0.15, 0.2) is 24.3 Å². The van der Waals surface area contributed by atoms with Gasteiger partial charge in [-0.1, -0.05) is 38.8 Å². The molecule has 1 aromatic carbocycles. The number of carbonyl (C=O) groups excluding carboxylic acids is 1. The van der Waals surface area contributed by atoms with Gasteiger partial charge in [0.1, 0.15) is 0 Å². The van der Waals surface area contributed by atoms with Gasteiger partial charge >= 0.3 is 0 Å². The first-order chi connectivity index (χ1) is 9.63. The smallest absolute Gasteiger partial charge is 0.254 e. The number of hydrogen-bond acceptors (Lipinski definition) is 1. The molecule has 1 atom stereocenters. The molecule has 20 heavy (non-hydrogen) atoms. The van der Waals surface area contributed by atoms with Crippen LogP contribution in [0, 0.1) is 0 Å². The molecule has 1 aliphatic rings. The lowest BCUT2D eigenvalue weighted by atomic mass is 10.0. The Morgan fingerprint density at radius 2 is 1.95 bits per heavy atom. The molecule has 0 bridgehead atoms. The van der Waals surface area contributed by atoms with Gasteiger partial charge in [-0.25, -0.2) is 0 Å². The van der Waals surface area contributed by atoms with Gasteiger partial charge in [0.2, 0.25) is 0 Å².